The molecule has 2 fully saturated rings. The Labute approximate surface area is 63.8 Å². The van der Waals surface area contributed by atoms with Crippen molar-refractivity contribution >= 4 is 0 Å². The lowest BCUT2D eigenvalue weighted by atomic mass is 10.4. The van der Waals surface area contributed by atoms with Crippen LogP contribution in [0.2, 0.25) is 0 Å². The molecule has 0 radical (unpaired) electrons. The first-order chi connectivity index (χ1) is 4.80. The third-order valence-electron chi connectivity index (χ3n) is 2.42. The van der Waals surface area contributed by atoms with E-state index in [0.29, 0.717) is 0 Å². The van der Waals surface area contributed by atoms with E-state index in [-0.39, 0.29) is 0 Å². The maximum absolute atomic E-state index is 2.42. The fourth-order valence-corrected chi connectivity index (χ4v) is 1.81. The van der Waals surface area contributed by atoms with E-state index in [4.69, 9.17) is 0 Å². The Bertz CT molecular complexity index is 112. The van der Waals surface area contributed by atoms with E-state index >= 15 is 0 Å². The fourth-order valence-electron chi connectivity index (χ4n) is 1.81. The van der Waals surface area contributed by atoms with Crippen LogP contribution < -0.4 is 0 Å². The molecule has 2 nitrogen and oxygen atoms in total. The molecule has 0 aliphatic carbocycles. The highest BCUT2D eigenvalue weighted by molar-refractivity contribution is 5.03. The normalized spacial score (nSPS) is 43.8. The number of likely N-dealkylation sites (tertiary alicyclic amines) is 1. The van der Waals surface area contributed by atoms with Gasteiger partial charge in [0.05, 0.1) is 6.17 Å². The summed E-state index contributed by atoms with van der Waals surface area (Å²) < 4.78 is 0. The van der Waals surface area contributed by atoms with Gasteiger partial charge in [-0.15, -0.1) is 0 Å². The molecule has 2 aliphatic rings. The Hall–Kier alpha value is -0.0800. The quantitative estimate of drug-likeness (QED) is 0.465. The molecular weight excluding hydrogens is 124 g/mol. The Kier molecular flexibility index (Phi) is 2.32. The summed E-state index contributed by atoms with van der Waals surface area (Å²) in [7, 11) is 4.40. The summed E-state index contributed by atoms with van der Waals surface area (Å²) in [6.45, 7) is 5.31. The van der Waals surface area contributed by atoms with Gasteiger partial charge in [0.2, 0.25) is 0 Å². The van der Waals surface area contributed by atoms with Crippen molar-refractivity contribution in [2.45, 2.75) is 32.5 Å². The smallest absolute Gasteiger partial charge is 0.0782 e. The van der Waals surface area contributed by atoms with E-state index in [1.807, 2.05) is 13.8 Å². The summed E-state index contributed by atoms with van der Waals surface area (Å²) in [4.78, 5) is 4.84. The van der Waals surface area contributed by atoms with Crippen LogP contribution in [0, 0.1) is 0 Å². The van der Waals surface area contributed by atoms with Crippen LogP contribution in [0.1, 0.15) is 20.3 Å². The molecule has 2 rings (SSSR count). The van der Waals surface area contributed by atoms with Gasteiger partial charge in [0.15, 0.2) is 0 Å². The number of hydrogen-bond acceptors (Lipinski definition) is 2. The van der Waals surface area contributed by atoms with Crippen molar-refractivity contribution in [3.05, 3.63) is 0 Å². The lowest BCUT2D eigenvalue weighted by Gasteiger charge is -2.10. The average Bonchev–Trinajstić information content (AvgIpc) is 2.41. The van der Waals surface area contributed by atoms with E-state index in [9.17, 15) is 0 Å². The average molecular weight is 142 g/mol. The van der Waals surface area contributed by atoms with E-state index in [1.165, 1.54) is 13.0 Å². The van der Waals surface area contributed by atoms with Gasteiger partial charge in [-0.3, -0.25) is 9.80 Å². The van der Waals surface area contributed by atoms with Crippen LogP contribution in [-0.2, 0) is 0 Å². The zero-order chi connectivity index (χ0) is 7.72. The molecule has 0 saturated carbocycles. The predicted octanol–water partition coefficient (Wildman–Crippen LogP) is 0.988. The highest BCUT2D eigenvalue weighted by Gasteiger charge is 2.50. The van der Waals surface area contributed by atoms with Crippen molar-refractivity contribution in [1.29, 1.82) is 0 Å². The molecule has 3 atom stereocenters. The Morgan fingerprint density at radius 1 is 1.20 bits per heavy atom. The van der Waals surface area contributed by atoms with Gasteiger partial charge in [-0.05, 0) is 20.5 Å². The lowest BCUT2D eigenvalue weighted by Crippen LogP contribution is -2.22. The number of nitrogens with zero attached hydrogens (tertiary/aromatic N) is 2. The summed E-state index contributed by atoms with van der Waals surface area (Å²) in [5.74, 6) is 0. The topological polar surface area (TPSA) is 6.25 Å². The first-order valence-corrected chi connectivity index (χ1v) is 4.23. The molecule has 0 aromatic carbocycles. The van der Waals surface area contributed by atoms with Gasteiger partial charge < -0.3 is 0 Å². The van der Waals surface area contributed by atoms with E-state index in [0.717, 1.165) is 12.2 Å². The molecule has 0 spiro atoms. The number of fused-ring (bicyclic) bond motifs is 1. The van der Waals surface area contributed by atoms with Gasteiger partial charge in [-0.2, -0.15) is 0 Å². The third kappa shape index (κ3) is 1.06. The van der Waals surface area contributed by atoms with Crippen molar-refractivity contribution < 1.29 is 0 Å². The minimum atomic E-state index is 0.815. The molecule has 2 saturated heterocycles. The maximum Gasteiger partial charge on any atom is 0.0782 e. The lowest BCUT2D eigenvalue weighted by molar-refractivity contribution is 0.285. The highest BCUT2D eigenvalue weighted by atomic mass is 15.5. The molecular formula is C8H18N2. The van der Waals surface area contributed by atoms with Crippen LogP contribution >= 0.6 is 0 Å². The van der Waals surface area contributed by atoms with E-state index < -0.39 is 0 Å². The van der Waals surface area contributed by atoms with Crippen LogP contribution in [-0.4, -0.2) is 42.6 Å². The second-order valence-corrected chi connectivity index (χ2v) is 2.92. The molecule has 2 heterocycles. The monoisotopic (exact) mass is 142 g/mol. The molecule has 0 N–H and O–H groups in total. The van der Waals surface area contributed by atoms with Crippen LogP contribution in [0.25, 0.3) is 0 Å². The van der Waals surface area contributed by atoms with E-state index in [1.54, 1.807) is 0 Å². The van der Waals surface area contributed by atoms with Gasteiger partial charge in [0.1, 0.15) is 0 Å². The van der Waals surface area contributed by atoms with Crippen molar-refractivity contribution in [2.75, 3.05) is 20.6 Å². The third-order valence-corrected chi connectivity index (χ3v) is 2.42. The minimum absolute atomic E-state index is 0.815. The molecule has 60 valence electrons. The molecule has 0 aromatic rings. The maximum atomic E-state index is 2.42. The molecule has 0 aromatic heterocycles. The molecule has 0 bridgehead atoms. The number of rotatable bonds is 0. The number of likely N-dealkylation sites (N-methyl/N-ethyl adjacent to an activating group) is 2. The van der Waals surface area contributed by atoms with Gasteiger partial charge >= 0.3 is 0 Å². The largest absolute Gasteiger partial charge is 0.290 e. The Morgan fingerprint density at radius 2 is 1.80 bits per heavy atom. The first kappa shape index (κ1) is 8.02. The standard InChI is InChI=1S/C6H12N2.C2H6/c1-7-4-3-5-6(7)8(5)2;1-2/h5-6H,3-4H2,1-2H3;1-2H3. The first-order valence-electron chi connectivity index (χ1n) is 4.23. The molecule has 10 heavy (non-hydrogen) atoms. The van der Waals surface area contributed by atoms with Crippen molar-refractivity contribution in [3.63, 3.8) is 0 Å². The molecule has 0 amide bonds. The highest BCUT2D eigenvalue weighted by Crippen LogP contribution is 2.36. The molecule has 2 aliphatic heterocycles. The van der Waals surface area contributed by atoms with Crippen molar-refractivity contribution in [1.82, 2.24) is 9.80 Å². The van der Waals surface area contributed by atoms with Gasteiger partial charge in [0.25, 0.3) is 0 Å². The summed E-state index contributed by atoms with van der Waals surface area (Å²) >= 11 is 0. The summed E-state index contributed by atoms with van der Waals surface area (Å²) in [5.41, 5.74) is 0. The van der Waals surface area contributed by atoms with Crippen molar-refractivity contribution in [3.8, 4) is 0 Å². The number of hydrogen-bond donors (Lipinski definition) is 0. The Morgan fingerprint density at radius 3 is 2.00 bits per heavy atom. The second kappa shape index (κ2) is 2.89. The Balaban J connectivity index is 0.000000231. The summed E-state index contributed by atoms with van der Waals surface area (Å²) in [6.07, 6.45) is 2.20. The molecule has 2 heteroatoms. The second-order valence-electron chi connectivity index (χ2n) is 2.92. The van der Waals surface area contributed by atoms with Crippen LogP contribution in [0.15, 0.2) is 0 Å². The predicted molar refractivity (Wildman–Crippen MR) is 43.9 cm³/mol. The van der Waals surface area contributed by atoms with Gasteiger partial charge in [0, 0.05) is 12.6 Å². The van der Waals surface area contributed by atoms with E-state index in [2.05, 4.69) is 23.9 Å². The zero-order valence-electron chi connectivity index (χ0n) is 7.46. The fraction of sp³-hybridized carbons (Fsp3) is 1.00. The van der Waals surface area contributed by atoms with Gasteiger partial charge in [-0.25, -0.2) is 0 Å². The summed E-state index contributed by atoms with van der Waals surface area (Å²) in [5, 5.41) is 0. The SMILES string of the molecule is CC.CN1CCC2C1N2C. The van der Waals surface area contributed by atoms with Crippen molar-refractivity contribution in [2.24, 2.45) is 0 Å². The minimum Gasteiger partial charge on any atom is -0.290 e. The summed E-state index contributed by atoms with van der Waals surface area (Å²) in [6, 6.07) is 0.917. The molecule has 3 unspecified atom stereocenters. The van der Waals surface area contributed by atoms with Gasteiger partial charge in [-0.1, -0.05) is 13.8 Å². The zero-order valence-corrected chi connectivity index (χ0v) is 7.46. The van der Waals surface area contributed by atoms with Crippen LogP contribution in [0.3, 0.4) is 0 Å². The van der Waals surface area contributed by atoms with Crippen LogP contribution in [0.5, 0.6) is 0 Å². The van der Waals surface area contributed by atoms with Crippen LogP contribution in [0.4, 0.5) is 0 Å².